The first-order valence-corrected chi connectivity index (χ1v) is 9.75. The summed E-state index contributed by atoms with van der Waals surface area (Å²) in [7, 11) is 6.32. The zero-order valence-electron chi connectivity index (χ0n) is 17.7. The van der Waals surface area contributed by atoms with Gasteiger partial charge in [-0.15, -0.1) is 0 Å². The van der Waals surface area contributed by atoms with Gasteiger partial charge in [0.2, 0.25) is 5.95 Å². The van der Waals surface area contributed by atoms with Crippen LogP contribution in [0.5, 0.6) is 0 Å². The van der Waals surface area contributed by atoms with Gasteiger partial charge in [0.05, 0.1) is 19.9 Å². The molecule has 30 heavy (non-hydrogen) atoms. The molecule has 0 bridgehead atoms. The molecule has 7 nitrogen and oxygen atoms in total. The minimum absolute atomic E-state index is 0.0200. The number of rotatable bonds is 5. The Morgan fingerprint density at radius 1 is 1.20 bits per heavy atom. The van der Waals surface area contributed by atoms with Crippen molar-refractivity contribution in [2.24, 2.45) is 0 Å². The van der Waals surface area contributed by atoms with Crippen LogP contribution in [0.2, 0.25) is 0 Å². The summed E-state index contributed by atoms with van der Waals surface area (Å²) in [6.07, 6.45) is 2.25. The summed E-state index contributed by atoms with van der Waals surface area (Å²) >= 11 is 0. The molecule has 3 heterocycles. The number of nitrogens with zero attached hydrogens (tertiary/aromatic N) is 5. The molecule has 160 valence electrons. The Kier molecular flexibility index (Phi) is 4.99. The highest BCUT2D eigenvalue weighted by atomic mass is 19.1. The van der Waals surface area contributed by atoms with Crippen LogP contribution in [-0.4, -0.2) is 62.5 Å². The van der Waals surface area contributed by atoms with Crippen molar-refractivity contribution < 1.29 is 18.3 Å². The Hall–Kier alpha value is -2.97. The minimum atomic E-state index is -1.78. The molecule has 0 amide bonds. The molecule has 2 unspecified atom stereocenters. The number of pyridine rings is 1. The first-order valence-electron chi connectivity index (χ1n) is 9.75. The number of hydrogen-bond donors (Lipinski definition) is 0. The van der Waals surface area contributed by atoms with E-state index in [1.165, 1.54) is 27.2 Å². The summed E-state index contributed by atoms with van der Waals surface area (Å²) in [5.74, 6) is 0.304. The zero-order valence-corrected chi connectivity index (χ0v) is 17.7. The predicted octanol–water partition coefficient (Wildman–Crippen LogP) is 3.27. The number of fused-ring (bicyclic) bond motifs is 1. The van der Waals surface area contributed by atoms with E-state index in [9.17, 15) is 0 Å². The van der Waals surface area contributed by atoms with Crippen LogP contribution in [0.1, 0.15) is 19.0 Å². The smallest absolute Gasteiger partial charge is 0.226 e. The number of hydrogen-bond acceptors (Lipinski definition) is 7. The van der Waals surface area contributed by atoms with Crippen molar-refractivity contribution in [1.29, 1.82) is 0 Å². The molecule has 0 aromatic carbocycles. The molecule has 2 atom stereocenters. The lowest BCUT2D eigenvalue weighted by Crippen LogP contribution is -2.40. The van der Waals surface area contributed by atoms with Gasteiger partial charge >= 0.3 is 0 Å². The second-order valence-corrected chi connectivity index (χ2v) is 7.87. The van der Waals surface area contributed by atoms with Crippen LogP contribution >= 0.6 is 0 Å². The molecule has 2 aliphatic rings. The van der Waals surface area contributed by atoms with Gasteiger partial charge in [0.1, 0.15) is 16.7 Å². The van der Waals surface area contributed by atoms with Crippen molar-refractivity contribution in [2.45, 2.75) is 24.9 Å². The van der Waals surface area contributed by atoms with Gasteiger partial charge in [-0.05, 0) is 19.4 Å². The molecule has 0 saturated carbocycles. The number of halogens is 2. The zero-order chi connectivity index (χ0) is 21.6. The lowest BCUT2D eigenvalue weighted by atomic mass is 9.76. The minimum Gasteiger partial charge on any atom is -0.498 e. The molecule has 9 heteroatoms. The van der Waals surface area contributed by atoms with Crippen molar-refractivity contribution in [2.75, 3.05) is 51.2 Å². The topological polar surface area (TPSA) is 63.6 Å². The second kappa shape index (κ2) is 7.37. The summed E-state index contributed by atoms with van der Waals surface area (Å²) < 4.78 is 41.2. The van der Waals surface area contributed by atoms with Gasteiger partial charge in [-0.1, -0.05) is 0 Å². The highest BCUT2D eigenvalue weighted by molar-refractivity contribution is 5.89. The number of allylic oxidation sites excluding steroid dienone is 3. The van der Waals surface area contributed by atoms with Crippen LogP contribution in [0.3, 0.4) is 0 Å². The Bertz CT molecular complexity index is 1050. The van der Waals surface area contributed by atoms with Crippen LogP contribution in [-0.2, 0) is 14.9 Å². The fourth-order valence-electron chi connectivity index (χ4n) is 3.73. The normalized spacial score (nSPS) is 23.9. The lowest BCUT2D eigenvalue weighted by molar-refractivity contribution is 0.125. The summed E-state index contributed by atoms with van der Waals surface area (Å²) in [5.41, 5.74) is -0.879. The van der Waals surface area contributed by atoms with E-state index in [0.29, 0.717) is 22.7 Å². The Labute approximate surface area is 174 Å². The second-order valence-electron chi connectivity index (χ2n) is 7.87. The predicted molar refractivity (Wildman–Crippen MR) is 111 cm³/mol. The Morgan fingerprint density at radius 3 is 2.50 bits per heavy atom. The van der Waals surface area contributed by atoms with Gasteiger partial charge in [-0.25, -0.2) is 23.7 Å². The van der Waals surface area contributed by atoms with Gasteiger partial charge < -0.3 is 19.3 Å². The number of methoxy groups -OCH3 is 2. The fourth-order valence-corrected chi connectivity index (χ4v) is 3.73. The van der Waals surface area contributed by atoms with Crippen molar-refractivity contribution in [3.05, 3.63) is 41.4 Å². The van der Waals surface area contributed by atoms with Crippen molar-refractivity contribution in [3.63, 3.8) is 0 Å². The molecule has 1 aliphatic carbocycles. The number of ether oxygens (including phenoxy) is 2. The van der Waals surface area contributed by atoms with E-state index in [0.717, 1.165) is 19.5 Å². The van der Waals surface area contributed by atoms with E-state index in [1.54, 1.807) is 17.2 Å². The highest BCUT2D eigenvalue weighted by Gasteiger charge is 2.50. The van der Waals surface area contributed by atoms with Gasteiger partial charge in [0, 0.05) is 44.8 Å². The lowest BCUT2D eigenvalue weighted by Gasteiger charge is -2.36. The van der Waals surface area contributed by atoms with E-state index < -0.39 is 17.4 Å². The third-order valence-electron chi connectivity index (χ3n) is 5.79. The molecule has 4 rings (SSSR count). The summed E-state index contributed by atoms with van der Waals surface area (Å²) in [5, 5.41) is 0.654. The van der Waals surface area contributed by atoms with Gasteiger partial charge in [0.15, 0.2) is 23.6 Å². The van der Waals surface area contributed by atoms with Crippen LogP contribution < -0.4 is 9.80 Å². The molecule has 2 aromatic rings. The number of aromatic nitrogens is 3. The summed E-state index contributed by atoms with van der Waals surface area (Å²) in [6, 6.07) is 1.64. The maximum atomic E-state index is 15.5. The number of alkyl halides is 1. The van der Waals surface area contributed by atoms with Crippen molar-refractivity contribution in [3.8, 4) is 0 Å². The third-order valence-corrected chi connectivity index (χ3v) is 5.79. The van der Waals surface area contributed by atoms with E-state index >= 15 is 8.78 Å². The first kappa shape index (κ1) is 20.3. The average Bonchev–Trinajstić information content (AvgIpc) is 2.70. The molecule has 1 saturated heterocycles. The molecule has 0 spiro atoms. The molecule has 0 N–H and O–H groups in total. The number of anilines is 2. The van der Waals surface area contributed by atoms with Crippen molar-refractivity contribution in [1.82, 2.24) is 15.0 Å². The average molecular weight is 417 g/mol. The van der Waals surface area contributed by atoms with Crippen LogP contribution in [0.4, 0.5) is 20.5 Å². The third kappa shape index (κ3) is 2.95. The molecular formula is C21H25F2N5O2. The van der Waals surface area contributed by atoms with Crippen LogP contribution in [0.15, 0.2) is 35.7 Å². The van der Waals surface area contributed by atoms with Gasteiger partial charge in [0.25, 0.3) is 0 Å². The van der Waals surface area contributed by atoms with E-state index in [-0.39, 0.29) is 17.2 Å². The van der Waals surface area contributed by atoms with E-state index in [4.69, 9.17) is 9.47 Å². The highest BCUT2D eigenvalue weighted by Crippen LogP contribution is 2.46. The Balaban J connectivity index is 1.92. The molecule has 2 aromatic heterocycles. The van der Waals surface area contributed by atoms with Crippen LogP contribution in [0.25, 0.3) is 10.9 Å². The van der Waals surface area contributed by atoms with Crippen LogP contribution in [0, 0.1) is 0 Å². The molecular weight excluding hydrogens is 392 g/mol. The first-order chi connectivity index (χ1) is 14.3. The fraction of sp³-hybridized carbons (Fsp3) is 0.476. The van der Waals surface area contributed by atoms with E-state index in [2.05, 4.69) is 19.9 Å². The summed E-state index contributed by atoms with van der Waals surface area (Å²) in [6.45, 7) is 3.29. The van der Waals surface area contributed by atoms with Gasteiger partial charge in [-0.2, -0.15) is 0 Å². The monoisotopic (exact) mass is 417 g/mol. The van der Waals surface area contributed by atoms with E-state index in [1.807, 2.05) is 14.1 Å². The van der Waals surface area contributed by atoms with Crippen molar-refractivity contribution >= 4 is 22.7 Å². The molecule has 1 fully saturated rings. The molecule has 1 aliphatic heterocycles. The quantitative estimate of drug-likeness (QED) is 0.740. The summed E-state index contributed by atoms with van der Waals surface area (Å²) in [4.78, 5) is 17.6. The Morgan fingerprint density at radius 2 is 1.93 bits per heavy atom. The van der Waals surface area contributed by atoms with Gasteiger partial charge in [-0.3, -0.25) is 0 Å². The SMILES string of the molecule is COC1=CC(OC)=C(F)C(C)(c2cc3cnc(N4CCC4)nc3c(N(C)C)n2)C1F. The maximum absolute atomic E-state index is 15.5. The maximum Gasteiger partial charge on any atom is 0.226 e. The molecule has 0 radical (unpaired) electrons. The largest absolute Gasteiger partial charge is 0.498 e. The standard InChI is InChI=1S/C21H25F2N5O2/c1-21(17(22)13(29-4)10-14(30-5)18(21)23)15-9-12-11-24-20(28-7-6-8-28)26-16(12)19(25-15)27(2)3/h9-11,17H,6-8H2,1-5H3.